The van der Waals surface area contributed by atoms with Crippen LogP contribution in [-0.2, 0) is 0 Å². The largest absolute Gasteiger partial charge is 0.271 e. The molecule has 0 bridgehead atoms. The van der Waals surface area contributed by atoms with Crippen LogP contribution < -0.4 is 11.3 Å². The second kappa shape index (κ2) is 4.95. The molecule has 0 radical (unpaired) electrons. The number of nitrogens with one attached hydrogen (secondary N) is 1. The van der Waals surface area contributed by atoms with Gasteiger partial charge in [0.15, 0.2) is 0 Å². The van der Waals surface area contributed by atoms with Crippen LogP contribution in [0.3, 0.4) is 0 Å². The summed E-state index contributed by atoms with van der Waals surface area (Å²) in [6.45, 7) is 0. The van der Waals surface area contributed by atoms with Crippen molar-refractivity contribution in [2.24, 2.45) is 11.8 Å². The van der Waals surface area contributed by atoms with E-state index in [4.69, 9.17) is 5.84 Å². The van der Waals surface area contributed by atoms with Gasteiger partial charge < -0.3 is 0 Å². The molecule has 0 amide bonds. The van der Waals surface area contributed by atoms with Crippen LogP contribution in [0.4, 0.5) is 0 Å². The predicted molar refractivity (Wildman–Crippen MR) is 69.2 cm³/mol. The maximum Gasteiger partial charge on any atom is 0.0474 e. The molecule has 1 aromatic carbocycles. The normalized spacial score (nSPS) is 17.8. The number of hydrogen-bond donors (Lipinski definition) is 2. The van der Waals surface area contributed by atoms with Crippen LogP contribution in [0.1, 0.15) is 30.9 Å². The van der Waals surface area contributed by atoms with Crippen LogP contribution in [0.25, 0.3) is 0 Å². The fourth-order valence-electron chi connectivity index (χ4n) is 1.75. The molecular weight excluding hydrogens is 320 g/mol. The summed E-state index contributed by atoms with van der Waals surface area (Å²) in [4.78, 5) is 0. The van der Waals surface area contributed by atoms with Gasteiger partial charge in [0.05, 0.1) is 0 Å². The van der Waals surface area contributed by atoms with E-state index in [0.29, 0.717) is 0 Å². The minimum Gasteiger partial charge on any atom is -0.271 e. The van der Waals surface area contributed by atoms with Gasteiger partial charge in [0.25, 0.3) is 0 Å². The van der Waals surface area contributed by atoms with Crippen LogP contribution in [0.15, 0.2) is 27.1 Å². The average molecular weight is 334 g/mol. The molecule has 3 N–H and O–H groups in total. The van der Waals surface area contributed by atoms with Gasteiger partial charge >= 0.3 is 0 Å². The van der Waals surface area contributed by atoms with Crippen LogP contribution in [0.2, 0.25) is 0 Å². The average Bonchev–Trinajstić information content (AvgIpc) is 3.02. The number of hydrogen-bond acceptors (Lipinski definition) is 2. The highest BCUT2D eigenvalue weighted by atomic mass is 79.9. The SMILES string of the molecule is NNC(CC1CC1)c1cc(Br)ccc1Br. The zero-order chi connectivity index (χ0) is 10.8. The van der Waals surface area contributed by atoms with Crippen molar-refractivity contribution >= 4 is 31.9 Å². The third kappa shape index (κ3) is 3.03. The van der Waals surface area contributed by atoms with E-state index in [1.165, 1.54) is 18.4 Å². The highest BCUT2D eigenvalue weighted by Gasteiger charge is 2.26. The lowest BCUT2D eigenvalue weighted by Crippen LogP contribution is -2.28. The molecule has 1 fully saturated rings. The van der Waals surface area contributed by atoms with E-state index >= 15 is 0 Å². The molecule has 1 aliphatic rings. The summed E-state index contributed by atoms with van der Waals surface area (Å²) in [5.74, 6) is 6.47. The summed E-state index contributed by atoms with van der Waals surface area (Å²) < 4.78 is 2.21. The summed E-state index contributed by atoms with van der Waals surface area (Å²) in [5.41, 5.74) is 4.14. The molecule has 0 aliphatic heterocycles. The van der Waals surface area contributed by atoms with Gasteiger partial charge in [-0.05, 0) is 36.1 Å². The first-order chi connectivity index (χ1) is 7.20. The summed E-state index contributed by atoms with van der Waals surface area (Å²) in [6.07, 6.45) is 3.83. The highest BCUT2D eigenvalue weighted by Crippen LogP contribution is 2.39. The molecular formula is C11H14Br2N2. The Morgan fingerprint density at radius 1 is 1.40 bits per heavy atom. The number of rotatable bonds is 4. The van der Waals surface area contributed by atoms with Gasteiger partial charge in [0.2, 0.25) is 0 Å². The zero-order valence-electron chi connectivity index (χ0n) is 8.34. The van der Waals surface area contributed by atoms with Crippen molar-refractivity contribution in [2.45, 2.75) is 25.3 Å². The summed E-state index contributed by atoms with van der Waals surface area (Å²) in [5, 5.41) is 0. The molecule has 1 aromatic rings. The van der Waals surface area contributed by atoms with E-state index in [9.17, 15) is 0 Å². The molecule has 1 aliphatic carbocycles. The van der Waals surface area contributed by atoms with Crippen LogP contribution >= 0.6 is 31.9 Å². The van der Waals surface area contributed by atoms with E-state index in [1.54, 1.807) is 0 Å². The first-order valence-electron chi connectivity index (χ1n) is 5.12. The molecule has 15 heavy (non-hydrogen) atoms. The van der Waals surface area contributed by atoms with E-state index in [-0.39, 0.29) is 6.04 Å². The third-order valence-corrected chi connectivity index (χ3v) is 4.02. The number of nitrogens with two attached hydrogens (primary N) is 1. The Labute approximate surface area is 107 Å². The Balaban J connectivity index is 2.19. The van der Waals surface area contributed by atoms with Gasteiger partial charge in [0.1, 0.15) is 0 Å². The maximum absolute atomic E-state index is 5.61. The van der Waals surface area contributed by atoms with Crippen LogP contribution in [0.5, 0.6) is 0 Å². The molecule has 2 rings (SSSR count). The number of hydrazine groups is 1. The standard InChI is InChI=1S/C11H14Br2N2/c12-8-3-4-10(13)9(6-8)11(15-14)5-7-1-2-7/h3-4,6-7,11,15H,1-2,5,14H2. The lowest BCUT2D eigenvalue weighted by atomic mass is 10.0. The van der Waals surface area contributed by atoms with Crippen molar-refractivity contribution < 1.29 is 0 Å². The molecule has 82 valence electrons. The van der Waals surface area contributed by atoms with E-state index in [0.717, 1.165) is 21.3 Å². The fourth-order valence-corrected chi connectivity index (χ4v) is 2.66. The van der Waals surface area contributed by atoms with Crippen molar-refractivity contribution in [2.75, 3.05) is 0 Å². The fraction of sp³-hybridized carbons (Fsp3) is 0.455. The quantitative estimate of drug-likeness (QED) is 0.653. The molecule has 1 saturated carbocycles. The van der Waals surface area contributed by atoms with Gasteiger partial charge in [0, 0.05) is 15.0 Å². The van der Waals surface area contributed by atoms with Gasteiger partial charge in [-0.25, -0.2) is 0 Å². The Morgan fingerprint density at radius 3 is 2.73 bits per heavy atom. The van der Waals surface area contributed by atoms with Crippen molar-refractivity contribution in [1.82, 2.24) is 5.43 Å². The third-order valence-electron chi connectivity index (χ3n) is 2.80. The molecule has 0 aromatic heterocycles. The second-order valence-corrected chi connectivity index (χ2v) is 5.83. The van der Waals surface area contributed by atoms with Gasteiger partial charge in [-0.1, -0.05) is 44.7 Å². The van der Waals surface area contributed by atoms with Crippen LogP contribution in [0, 0.1) is 5.92 Å². The maximum atomic E-state index is 5.61. The first-order valence-corrected chi connectivity index (χ1v) is 6.70. The van der Waals surface area contributed by atoms with Gasteiger partial charge in [-0.3, -0.25) is 11.3 Å². The molecule has 0 spiro atoms. The van der Waals surface area contributed by atoms with Crippen molar-refractivity contribution in [1.29, 1.82) is 0 Å². The smallest absolute Gasteiger partial charge is 0.0474 e. The van der Waals surface area contributed by atoms with Crippen molar-refractivity contribution in [3.63, 3.8) is 0 Å². The lowest BCUT2D eigenvalue weighted by Gasteiger charge is -2.17. The van der Waals surface area contributed by atoms with E-state index in [1.807, 2.05) is 6.07 Å². The number of benzene rings is 1. The molecule has 1 atom stereocenters. The lowest BCUT2D eigenvalue weighted by molar-refractivity contribution is 0.485. The summed E-state index contributed by atoms with van der Waals surface area (Å²) in [7, 11) is 0. The summed E-state index contributed by atoms with van der Waals surface area (Å²) >= 11 is 7.05. The minimum absolute atomic E-state index is 0.254. The van der Waals surface area contributed by atoms with Crippen molar-refractivity contribution in [3.05, 3.63) is 32.7 Å². The molecule has 2 nitrogen and oxygen atoms in total. The summed E-state index contributed by atoms with van der Waals surface area (Å²) in [6, 6.07) is 6.45. The molecule has 4 heteroatoms. The van der Waals surface area contributed by atoms with Gasteiger partial charge in [-0.15, -0.1) is 0 Å². The Morgan fingerprint density at radius 2 is 2.13 bits per heavy atom. The second-order valence-electron chi connectivity index (χ2n) is 4.06. The topological polar surface area (TPSA) is 38.0 Å². The van der Waals surface area contributed by atoms with E-state index in [2.05, 4.69) is 49.4 Å². The number of halogens is 2. The monoisotopic (exact) mass is 332 g/mol. The first kappa shape index (κ1) is 11.6. The minimum atomic E-state index is 0.254. The highest BCUT2D eigenvalue weighted by molar-refractivity contribution is 9.11. The molecule has 1 unspecified atom stereocenters. The zero-order valence-corrected chi connectivity index (χ0v) is 11.5. The Hall–Kier alpha value is 0.1000. The van der Waals surface area contributed by atoms with E-state index < -0.39 is 0 Å². The predicted octanol–water partition coefficient (Wildman–Crippen LogP) is 3.52. The molecule has 0 saturated heterocycles. The van der Waals surface area contributed by atoms with Crippen molar-refractivity contribution in [3.8, 4) is 0 Å². The Bertz CT molecular complexity index is 350. The Kier molecular flexibility index (Phi) is 3.83. The molecule has 0 heterocycles. The van der Waals surface area contributed by atoms with Crippen LogP contribution in [-0.4, -0.2) is 0 Å². The van der Waals surface area contributed by atoms with Gasteiger partial charge in [-0.2, -0.15) is 0 Å².